The molecular weight excluding hydrogens is 414 g/mol. The van der Waals surface area contributed by atoms with Crippen molar-refractivity contribution in [3.8, 4) is 5.75 Å². The lowest BCUT2D eigenvalue weighted by molar-refractivity contribution is -0.140. The molecule has 29 heavy (non-hydrogen) atoms. The summed E-state index contributed by atoms with van der Waals surface area (Å²) in [4.78, 5) is 28.0. The number of aryl methyl sites for hydroxylation is 2. The number of benzene rings is 1. The highest BCUT2D eigenvalue weighted by Crippen LogP contribution is 2.44. The molecule has 2 aromatic rings. The van der Waals surface area contributed by atoms with Crippen molar-refractivity contribution in [2.24, 2.45) is 0 Å². The van der Waals surface area contributed by atoms with Gasteiger partial charge in [-0.05, 0) is 48.6 Å². The molecule has 0 bridgehead atoms. The van der Waals surface area contributed by atoms with Crippen LogP contribution >= 0.6 is 22.9 Å². The Morgan fingerprint density at radius 1 is 1.28 bits per heavy atom. The zero-order chi connectivity index (χ0) is 21.3. The van der Waals surface area contributed by atoms with E-state index in [-0.39, 0.29) is 35.8 Å². The first-order chi connectivity index (χ1) is 13.8. The van der Waals surface area contributed by atoms with Crippen LogP contribution in [-0.4, -0.2) is 49.1 Å². The molecular formula is C21H22ClNO5S. The fraction of sp³-hybridized carbons (Fsp3) is 0.333. The summed E-state index contributed by atoms with van der Waals surface area (Å²) in [6, 6.07) is 4.60. The summed E-state index contributed by atoms with van der Waals surface area (Å²) in [5.74, 6) is -1.46. The van der Waals surface area contributed by atoms with Crippen LogP contribution in [0.4, 0.5) is 0 Å². The van der Waals surface area contributed by atoms with Gasteiger partial charge in [-0.15, -0.1) is 11.3 Å². The molecule has 1 aromatic heterocycles. The lowest BCUT2D eigenvalue weighted by Crippen LogP contribution is -2.32. The van der Waals surface area contributed by atoms with Crippen LogP contribution in [0.25, 0.3) is 5.76 Å². The molecule has 1 saturated heterocycles. The Morgan fingerprint density at radius 2 is 2.00 bits per heavy atom. The van der Waals surface area contributed by atoms with Crippen LogP contribution in [0.15, 0.2) is 29.2 Å². The van der Waals surface area contributed by atoms with Crippen molar-refractivity contribution < 1.29 is 24.2 Å². The summed E-state index contributed by atoms with van der Waals surface area (Å²) in [6.07, 6.45) is 0. The number of Topliss-reactive ketones (excluding diaryl/α,β-unsaturated/α-hetero) is 1. The molecule has 1 aliphatic heterocycles. The first-order valence-corrected chi connectivity index (χ1v) is 10.2. The number of methoxy groups -OCH3 is 2. The monoisotopic (exact) mass is 435 g/mol. The van der Waals surface area contributed by atoms with E-state index >= 15 is 0 Å². The van der Waals surface area contributed by atoms with Gasteiger partial charge < -0.3 is 19.5 Å². The number of hydrogen-bond donors (Lipinski definition) is 1. The molecule has 0 spiro atoms. The maximum Gasteiger partial charge on any atom is 0.295 e. The van der Waals surface area contributed by atoms with Crippen molar-refractivity contribution in [1.29, 1.82) is 0 Å². The number of ketones is 1. The van der Waals surface area contributed by atoms with Crippen molar-refractivity contribution in [2.75, 3.05) is 27.4 Å². The van der Waals surface area contributed by atoms with Crippen LogP contribution in [0.2, 0.25) is 5.02 Å². The summed E-state index contributed by atoms with van der Waals surface area (Å²) in [5.41, 5.74) is 2.03. The Kier molecular flexibility index (Phi) is 6.31. The smallest absolute Gasteiger partial charge is 0.295 e. The number of nitrogens with zero attached hydrogens (tertiary/aromatic N) is 1. The summed E-state index contributed by atoms with van der Waals surface area (Å²) in [7, 11) is 2.97. The first kappa shape index (κ1) is 21.4. The number of hydrogen-bond acceptors (Lipinski definition) is 6. The summed E-state index contributed by atoms with van der Waals surface area (Å²) in [6.45, 7) is 4.23. The third-order valence-corrected chi connectivity index (χ3v) is 6.23. The number of likely N-dealkylation sites (tertiary alicyclic amines) is 1. The SMILES string of the molecule is COCCN1C(=O)C(=O)/C(=C(/O)c2cc(C)cc(Cl)c2OC)C1c1sccc1C. The van der Waals surface area contributed by atoms with Crippen molar-refractivity contribution in [3.63, 3.8) is 0 Å². The molecule has 3 rings (SSSR count). The topological polar surface area (TPSA) is 76.1 Å². The molecule has 1 aliphatic rings. The molecule has 154 valence electrons. The second-order valence-electron chi connectivity index (χ2n) is 6.78. The van der Waals surface area contributed by atoms with E-state index < -0.39 is 17.7 Å². The molecule has 2 heterocycles. The summed E-state index contributed by atoms with van der Waals surface area (Å²) >= 11 is 7.70. The largest absolute Gasteiger partial charge is 0.507 e. The highest BCUT2D eigenvalue weighted by molar-refractivity contribution is 7.10. The van der Waals surface area contributed by atoms with Gasteiger partial charge in [-0.1, -0.05) is 11.6 Å². The number of aliphatic hydroxyl groups is 1. The fourth-order valence-corrected chi connectivity index (χ4v) is 4.89. The zero-order valence-electron chi connectivity index (χ0n) is 16.6. The Bertz CT molecular complexity index is 997. The number of thiophene rings is 1. The molecule has 1 unspecified atom stereocenters. The molecule has 8 heteroatoms. The number of halogens is 1. The van der Waals surface area contributed by atoms with Crippen LogP contribution in [0.3, 0.4) is 0 Å². The van der Waals surface area contributed by atoms with Crippen LogP contribution < -0.4 is 4.74 Å². The van der Waals surface area contributed by atoms with Gasteiger partial charge in [0.05, 0.1) is 35.9 Å². The fourth-order valence-electron chi connectivity index (χ4n) is 3.49. The lowest BCUT2D eigenvalue weighted by atomic mass is 9.97. The maximum atomic E-state index is 13.0. The van der Waals surface area contributed by atoms with Gasteiger partial charge in [0.25, 0.3) is 11.7 Å². The van der Waals surface area contributed by atoms with Gasteiger partial charge in [0, 0.05) is 18.5 Å². The minimum absolute atomic E-state index is 0.0246. The quantitative estimate of drug-likeness (QED) is 0.420. The van der Waals surface area contributed by atoms with E-state index in [1.165, 1.54) is 30.5 Å². The molecule has 0 aliphatic carbocycles. The van der Waals surface area contributed by atoms with Gasteiger partial charge in [-0.3, -0.25) is 9.59 Å². The van der Waals surface area contributed by atoms with Gasteiger partial charge in [-0.2, -0.15) is 0 Å². The van der Waals surface area contributed by atoms with Crippen LogP contribution in [0.1, 0.15) is 27.6 Å². The number of ether oxygens (including phenoxy) is 2. The molecule has 1 N–H and O–H groups in total. The van der Waals surface area contributed by atoms with Crippen LogP contribution in [-0.2, 0) is 14.3 Å². The van der Waals surface area contributed by atoms with Crippen molar-refractivity contribution >= 4 is 40.4 Å². The number of carbonyl (C=O) groups is 2. The van der Waals surface area contributed by atoms with E-state index in [0.29, 0.717) is 5.02 Å². The Balaban J connectivity index is 2.26. The number of aliphatic hydroxyl groups excluding tert-OH is 1. The second-order valence-corrected chi connectivity index (χ2v) is 8.14. The van der Waals surface area contributed by atoms with E-state index in [4.69, 9.17) is 21.1 Å². The molecule has 1 atom stereocenters. The Morgan fingerprint density at radius 3 is 2.59 bits per heavy atom. The van der Waals surface area contributed by atoms with Gasteiger partial charge >= 0.3 is 0 Å². The zero-order valence-corrected chi connectivity index (χ0v) is 18.2. The molecule has 6 nitrogen and oxygen atoms in total. The van der Waals surface area contributed by atoms with E-state index in [0.717, 1.165) is 16.0 Å². The highest BCUT2D eigenvalue weighted by Gasteiger charge is 2.47. The first-order valence-electron chi connectivity index (χ1n) is 8.97. The summed E-state index contributed by atoms with van der Waals surface area (Å²) in [5, 5.41) is 13.4. The average molecular weight is 436 g/mol. The number of rotatable bonds is 6. The summed E-state index contributed by atoms with van der Waals surface area (Å²) < 4.78 is 10.5. The second kappa shape index (κ2) is 8.57. The number of amides is 1. The van der Waals surface area contributed by atoms with E-state index in [1.54, 1.807) is 12.1 Å². The predicted octanol–water partition coefficient (Wildman–Crippen LogP) is 4.10. The van der Waals surface area contributed by atoms with E-state index in [1.807, 2.05) is 25.3 Å². The van der Waals surface area contributed by atoms with Gasteiger partial charge in [0.2, 0.25) is 0 Å². The van der Waals surface area contributed by atoms with Crippen molar-refractivity contribution in [3.05, 3.63) is 55.7 Å². The molecule has 0 radical (unpaired) electrons. The Hall–Kier alpha value is -2.35. The van der Waals surface area contributed by atoms with Gasteiger partial charge in [-0.25, -0.2) is 0 Å². The third kappa shape index (κ3) is 3.77. The third-order valence-electron chi connectivity index (χ3n) is 4.87. The van der Waals surface area contributed by atoms with Gasteiger partial charge in [0.1, 0.15) is 11.5 Å². The Labute approximate surface area is 178 Å². The van der Waals surface area contributed by atoms with Crippen LogP contribution in [0.5, 0.6) is 5.75 Å². The maximum absolute atomic E-state index is 13.0. The van der Waals surface area contributed by atoms with Crippen molar-refractivity contribution in [1.82, 2.24) is 4.90 Å². The lowest BCUT2D eigenvalue weighted by Gasteiger charge is -2.24. The average Bonchev–Trinajstić information content (AvgIpc) is 3.20. The highest BCUT2D eigenvalue weighted by atomic mass is 35.5. The molecule has 1 aromatic carbocycles. The van der Waals surface area contributed by atoms with Crippen molar-refractivity contribution in [2.45, 2.75) is 19.9 Å². The van der Waals surface area contributed by atoms with E-state index in [2.05, 4.69) is 0 Å². The molecule has 1 fully saturated rings. The minimum atomic E-state index is -0.740. The normalized spacial score (nSPS) is 18.5. The standard InChI is InChI=1S/C21H22ClNO5S/c1-11-9-13(19(28-4)14(22)10-11)17(24)15-16(20-12(2)5-8-29-20)23(6-7-27-3)21(26)18(15)25/h5,8-10,16,24H,6-7H2,1-4H3/b17-15+. The predicted molar refractivity (Wildman–Crippen MR) is 113 cm³/mol. The molecule has 0 saturated carbocycles. The van der Waals surface area contributed by atoms with Crippen LogP contribution in [0, 0.1) is 13.8 Å². The number of carbonyl (C=O) groups excluding carboxylic acids is 2. The molecule has 1 amide bonds. The minimum Gasteiger partial charge on any atom is -0.507 e. The van der Waals surface area contributed by atoms with Gasteiger partial charge in [0.15, 0.2) is 0 Å². The van der Waals surface area contributed by atoms with E-state index in [9.17, 15) is 14.7 Å².